The Bertz CT molecular complexity index is 792. The van der Waals surface area contributed by atoms with Crippen LogP contribution < -0.4 is 0 Å². The van der Waals surface area contributed by atoms with E-state index in [2.05, 4.69) is 0 Å². The minimum absolute atomic E-state index is 0.0782. The summed E-state index contributed by atoms with van der Waals surface area (Å²) in [6.45, 7) is 0. The normalized spacial score (nSPS) is 17.8. The zero-order chi connectivity index (χ0) is 17.4. The van der Waals surface area contributed by atoms with E-state index in [0.717, 1.165) is 30.5 Å². The van der Waals surface area contributed by atoms with Crippen molar-refractivity contribution in [3.63, 3.8) is 0 Å². The molecule has 0 N–H and O–H groups in total. The largest absolute Gasteiger partial charge is 0.397 e. The SMILES string of the molecule is CS(=O)(=O)c1ccc(C(=O)C2([N+](=O)[O-])C(=O)CCCC2=O)cc1. The van der Waals surface area contributed by atoms with Crippen LogP contribution in [0.4, 0.5) is 0 Å². The van der Waals surface area contributed by atoms with Gasteiger partial charge in [0.05, 0.1) is 9.82 Å². The summed E-state index contributed by atoms with van der Waals surface area (Å²) >= 11 is 0. The Balaban J connectivity index is 2.53. The summed E-state index contributed by atoms with van der Waals surface area (Å²) in [6.07, 6.45) is 0.698. The van der Waals surface area contributed by atoms with E-state index in [4.69, 9.17) is 0 Å². The Morgan fingerprint density at radius 3 is 2.00 bits per heavy atom. The van der Waals surface area contributed by atoms with Gasteiger partial charge in [-0.15, -0.1) is 0 Å². The van der Waals surface area contributed by atoms with Gasteiger partial charge in [0.15, 0.2) is 9.84 Å². The molecule has 1 fully saturated rings. The van der Waals surface area contributed by atoms with Crippen LogP contribution in [0.25, 0.3) is 0 Å². The van der Waals surface area contributed by atoms with E-state index >= 15 is 0 Å². The molecular weight excluding hydrogens is 326 g/mol. The molecule has 0 amide bonds. The second-order valence-corrected chi connectivity index (χ2v) is 7.31. The van der Waals surface area contributed by atoms with Gasteiger partial charge in [0.25, 0.3) is 5.78 Å². The predicted octanol–water partition coefficient (Wildman–Crippen LogP) is 0.610. The topological polar surface area (TPSA) is 128 Å². The first kappa shape index (κ1) is 16.9. The maximum atomic E-state index is 12.5. The minimum atomic E-state index is -3.50. The zero-order valence-electron chi connectivity index (χ0n) is 12.1. The number of rotatable bonds is 4. The second-order valence-electron chi connectivity index (χ2n) is 5.29. The summed E-state index contributed by atoms with van der Waals surface area (Å²) in [4.78, 5) is 46.7. The standard InChI is InChI=1S/C14H13NO7S/c1-23(21,22)10-7-5-9(6-8-10)13(18)14(15(19)20)11(16)3-2-4-12(14)17/h5-8H,2-4H2,1H3. The summed E-state index contributed by atoms with van der Waals surface area (Å²) in [7, 11) is -3.50. The molecule has 0 heterocycles. The van der Waals surface area contributed by atoms with Crippen LogP contribution >= 0.6 is 0 Å². The first-order valence-corrected chi connectivity index (χ1v) is 8.57. The van der Waals surface area contributed by atoms with Crippen LogP contribution in [0.15, 0.2) is 29.2 Å². The number of ketones is 3. The highest BCUT2D eigenvalue weighted by Crippen LogP contribution is 2.29. The van der Waals surface area contributed by atoms with Crippen LogP contribution in [-0.4, -0.2) is 42.5 Å². The van der Waals surface area contributed by atoms with Crippen molar-refractivity contribution in [3.05, 3.63) is 39.9 Å². The lowest BCUT2D eigenvalue weighted by atomic mass is 9.75. The number of carbonyl (C=O) groups excluding carboxylic acids is 3. The average molecular weight is 339 g/mol. The number of Topliss-reactive ketones (excluding diaryl/α,β-unsaturated/α-hetero) is 3. The minimum Gasteiger partial charge on any atom is -0.291 e. The molecule has 0 unspecified atom stereocenters. The van der Waals surface area contributed by atoms with Crippen LogP contribution in [0.2, 0.25) is 0 Å². The van der Waals surface area contributed by atoms with Gasteiger partial charge in [0.1, 0.15) is 0 Å². The van der Waals surface area contributed by atoms with Crippen LogP contribution in [0.3, 0.4) is 0 Å². The third-order valence-corrected chi connectivity index (χ3v) is 4.89. The Kier molecular flexibility index (Phi) is 4.16. The molecule has 0 aliphatic heterocycles. The molecule has 8 nitrogen and oxygen atoms in total. The number of carbonyl (C=O) groups is 3. The molecule has 1 aromatic rings. The van der Waals surface area contributed by atoms with E-state index in [1.54, 1.807) is 0 Å². The molecule has 0 radical (unpaired) electrons. The van der Waals surface area contributed by atoms with Gasteiger partial charge in [-0.3, -0.25) is 24.5 Å². The molecule has 1 aliphatic carbocycles. The number of hydrogen-bond donors (Lipinski definition) is 0. The quantitative estimate of drug-likeness (QED) is 0.340. The van der Waals surface area contributed by atoms with Crippen LogP contribution in [-0.2, 0) is 19.4 Å². The van der Waals surface area contributed by atoms with Crippen LogP contribution in [0.1, 0.15) is 29.6 Å². The molecule has 1 aromatic carbocycles. The fourth-order valence-corrected chi connectivity index (χ4v) is 3.16. The van der Waals surface area contributed by atoms with Crippen molar-refractivity contribution in [3.8, 4) is 0 Å². The Hall–Kier alpha value is -2.42. The van der Waals surface area contributed by atoms with Crippen molar-refractivity contribution in [2.75, 3.05) is 6.26 Å². The van der Waals surface area contributed by atoms with E-state index in [-0.39, 0.29) is 29.7 Å². The van der Waals surface area contributed by atoms with Gasteiger partial charge in [-0.1, -0.05) is 0 Å². The van der Waals surface area contributed by atoms with Gasteiger partial charge >= 0.3 is 5.54 Å². The first-order valence-electron chi connectivity index (χ1n) is 6.68. The number of sulfone groups is 1. The number of benzene rings is 1. The molecule has 1 aliphatic rings. The molecule has 23 heavy (non-hydrogen) atoms. The molecular formula is C14H13NO7S. The average Bonchev–Trinajstić information content (AvgIpc) is 2.46. The molecule has 0 saturated heterocycles. The lowest BCUT2D eigenvalue weighted by Gasteiger charge is -2.24. The van der Waals surface area contributed by atoms with Gasteiger partial charge in [-0.2, -0.15) is 0 Å². The molecule has 1 saturated carbocycles. The van der Waals surface area contributed by atoms with Crippen molar-refractivity contribution in [2.45, 2.75) is 29.7 Å². The number of nitrogens with zero attached hydrogens (tertiary/aromatic N) is 1. The molecule has 2 rings (SSSR count). The highest BCUT2D eigenvalue weighted by atomic mass is 32.2. The molecule has 122 valence electrons. The van der Waals surface area contributed by atoms with Crippen LogP contribution in [0, 0.1) is 10.1 Å². The van der Waals surface area contributed by atoms with Crippen molar-refractivity contribution in [2.24, 2.45) is 0 Å². The van der Waals surface area contributed by atoms with E-state index < -0.39 is 37.6 Å². The summed E-state index contributed by atoms with van der Waals surface area (Å²) < 4.78 is 22.8. The Morgan fingerprint density at radius 2 is 1.61 bits per heavy atom. The Morgan fingerprint density at radius 1 is 1.13 bits per heavy atom. The molecule has 0 aromatic heterocycles. The molecule has 0 atom stereocenters. The monoisotopic (exact) mass is 339 g/mol. The van der Waals surface area contributed by atoms with Gasteiger partial charge < -0.3 is 0 Å². The zero-order valence-corrected chi connectivity index (χ0v) is 13.0. The van der Waals surface area contributed by atoms with E-state index in [1.807, 2.05) is 0 Å². The first-order chi connectivity index (χ1) is 10.6. The molecule has 9 heteroatoms. The van der Waals surface area contributed by atoms with Crippen molar-refractivity contribution in [1.29, 1.82) is 0 Å². The second kappa shape index (κ2) is 5.65. The predicted molar refractivity (Wildman–Crippen MR) is 77.5 cm³/mol. The van der Waals surface area contributed by atoms with Crippen LogP contribution in [0.5, 0.6) is 0 Å². The summed E-state index contributed by atoms with van der Waals surface area (Å²) in [5, 5.41) is 11.4. The van der Waals surface area contributed by atoms with Gasteiger partial charge in [-0.25, -0.2) is 8.42 Å². The van der Waals surface area contributed by atoms with E-state index in [1.165, 1.54) is 0 Å². The van der Waals surface area contributed by atoms with E-state index in [0.29, 0.717) is 0 Å². The number of nitro groups is 1. The lowest BCUT2D eigenvalue weighted by molar-refractivity contribution is -0.518. The van der Waals surface area contributed by atoms with Gasteiger partial charge in [0, 0.05) is 24.7 Å². The third kappa shape index (κ3) is 2.67. The van der Waals surface area contributed by atoms with Crippen molar-refractivity contribution >= 4 is 27.2 Å². The highest BCUT2D eigenvalue weighted by molar-refractivity contribution is 7.90. The Labute approximate surface area is 131 Å². The molecule has 0 spiro atoms. The lowest BCUT2D eigenvalue weighted by Crippen LogP contribution is -2.61. The maximum absolute atomic E-state index is 12.5. The fraction of sp³-hybridized carbons (Fsp3) is 0.357. The van der Waals surface area contributed by atoms with Gasteiger partial charge in [0.2, 0.25) is 11.6 Å². The van der Waals surface area contributed by atoms with Crippen molar-refractivity contribution in [1.82, 2.24) is 0 Å². The summed E-state index contributed by atoms with van der Waals surface area (Å²) in [5.74, 6) is -3.29. The third-order valence-electron chi connectivity index (χ3n) is 3.76. The van der Waals surface area contributed by atoms with E-state index in [9.17, 15) is 32.9 Å². The summed E-state index contributed by atoms with van der Waals surface area (Å²) in [5.41, 5.74) is -3.16. The fourth-order valence-electron chi connectivity index (χ4n) is 2.53. The summed E-state index contributed by atoms with van der Waals surface area (Å²) in [6, 6.07) is 4.35. The van der Waals surface area contributed by atoms with Gasteiger partial charge in [-0.05, 0) is 30.7 Å². The van der Waals surface area contributed by atoms with Crippen molar-refractivity contribution < 1.29 is 27.7 Å². The smallest absolute Gasteiger partial charge is 0.291 e. The number of hydrogen-bond acceptors (Lipinski definition) is 7. The maximum Gasteiger partial charge on any atom is 0.397 e. The highest BCUT2D eigenvalue weighted by Gasteiger charge is 2.64. The molecule has 0 bridgehead atoms.